The Balaban J connectivity index is 1.46. The fraction of sp³-hybridized carbons (Fsp3) is 0.520. The van der Waals surface area contributed by atoms with Crippen molar-refractivity contribution in [3.8, 4) is 5.75 Å². The van der Waals surface area contributed by atoms with Gasteiger partial charge < -0.3 is 19.7 Å². The zero-order valence-electron chi connectivity index (χ0n) is 18.6. The van der Waals surface area contributed by atoms with Gasteiger partial charge in [-0.05, 0) is 34.7 Å². The molecule has 0 radical (unpaired) electrons. The Labute approximate surface area is 181 Å². The van der Waals surface area contributed by atoms with Crippen LogP contribution in [0.1, 0.15) is 42.5 Å². The molecule has 4 rings (SSSR count). The summed E-state index contributed by atoms with van der Waals surface area (Å²) in [5.41, 5.74) is 5.38. The van der Waals surface area contributed by atoms with Gasteiger partial charge in [0.15, 0.2) is 0 Å². The minimum absolute atomic E-state index is 0.381. The number of benzene rings is 2. The van der Waals surface area contributed by atoms with E-state index >= 15 is 0 Å². The summed E-state index contributed by atoms with van der Waals surface area (Å²) in [7, 11) is 1.77. The van der Waals surface area contributed by atoms with Crippen LogP contribution < -0.4 is 15.0 Å². The van der Waals surface area contributed by atoms with E-state index in [0.29, 0.717) is 12.0 Å². The molecule has 2 saturated heterocycles. The highest BCUT2D eigenvalue weighted by Gasteiger charge is 2.24. The summed E-state index contributed by atoms with van der Waals surface area (Å²) in [6.45, 7) is 12.0. The minimum atomic E-state index is 0.381. The third-order valence-corrected chi connectivity index (χ3v) is 6.26. The standard InChI is InChI=1S/C25H35N3O2/c1-19(2)21-6-4-5-7-22(21)23-18-27(11-10-26-23)17-20-8-9-24(25(16-20)29-3)28-12-14-30-15-13-28/h4-9,16,19,23,26H,10-15,17-18H2,1-3H3. The highest BCUT2D eigenvalue weighted by atomic mass is 16.5. The predicted molar refractivity (Wildman–Crippen MR) is 123 cm³/mol. The first-order chi connectivity index (χ1) is 14.7. The molecular weight excluding hydrogens is 374 g/mol. The number of nitrogens with one attached hydrogen (secondary N) is 1. The van der Waals surface area contributed by atoms with Crippen molar-refractivity contribution in [3.05, 3.63) is 59.2 Å². The molecule has 1 N–H and O–H groups in total. The van der Waals surface area contributed by atoms with Crippen molar-refractivity contribution < 1.29 is 9.47 Å². The largest absolute Gasteiger partial charge is 0.495 e. The fourth-order valence-electron chi connectivity index (χ4n) is 4.66. The van der Waals surface area contributed by atoms with Crippen molar-refractivity contribution in [2.45, 2.75) is 32.4 Å². The van der Waals surface area contributed by atoms with Gasteiger partial charge in [0.25, 0.3) is 0 Å². The summed E-state index contributed by atoms with van der Waals surface area (Å²) in [5, 5.41) is 3.74. The molecule has 2 aromatic rings. The highest BCUT2D eigenvalue weighted by molar-refractivity contribution is 5.60. The average Bonchev–Trinajstić information content (AvgIpc) is 2.79. The molecule has 2 fully saturated rings. The first kappa shape index (κ1) is 21.2. The second-order valence-electron chi connectivity index (χ2n) is 8.63. The first-order valence-electron chi connectivity index (χ1n) is 11.2. The first-order valence-corrected chi connectivity index (χ1v) is 11.2. The van der Waals surface area contributed by atoms with Gasteiger partial charge in [-0.3, -0.25) is 4.90 Å². The van der Waals surface area contributed by atoms with Crippen LogP contribution in [0.25, 0.3) is 0 Å². The molecule has 2 heterocycles. The lowest BCUT2D eigenvalue weighted by molar-refractivity contribution is 0.122. The van der Waals surface area contributed by atoms with Crippen LogP contribution in [0, 0.1) is 0 Å². The van der Waals surface area contributed by atoms with E-state index < -0.39 is 0 Å². The van der Waals surface area contributed by atoms with Gasteiger partial charge in [-0.15, -0.1) is 0 Å². The summed E-state index contributed by atoms with van der Waals surface area (Å²) >= 11 is 0. The molecule has 2 aliphatic rings. The molecule has 0 saturated carbocycles. The molecule has 2 aliphatic heterocycles. The van der Waals surface area contributed by atoms with Crippen molar-refractivity contribution in [2.75, 3.05) is 57.9 Å². The maximum absolute atomic E-state index is 5.75. The quantitative estimate of drug-likeness (QED) is 0.785. The van der Waals surface area contributed by atoms with Crippen molar-refractivity contribution in [1.29, 1.82) is 0 Å². The summed E-state index contributed by atoms with van der Waals surface area (Å²) in [6, 6.07) is 15.9. The molecule has 0 aromatic heterocycles. The Morgan fingerprint density at radius 3 is 2.67 bits per heavy atom. The zero-order chi connectivity index (χ0) is 20.9. The van der Waals surface area contributed by atoms with Gasteiger partial charge in [-0.1, -0.05) is 44.2 Å². The summed E-state index contributed by atoms with van der Waals surface area (Å²) in [5.74, 6) is 1.50. The van der Waals surface area contributed by atoms with Gasteiger partial charge in [0.05, 0.1) is 26.0 Å². The van der Waals surface area contributed by atoms with Gasteiger partial charge in [0, 0.05) is 45.3 Å². The molecule has 0 bridgehead atoms. The SMILES string of the molecule is COc1cc(CN2CCNC(c3ccccc3C(C)C)C2)ccc1N1CCOCC1. The molecule has 0 amide bonds. The smallest absolute Gasteiger partial charge is 0.142 e. The van der Waals surface area contributed by atoms with Gasteiger partial charge in [-0.25, -0.2) is 0 Å². The maximum atomic E-state index is 5.75. The van der Waals surface area contributed by atoms with E-state index in [2.05, 4.69) is 71.4 Å². The minimum Gasteiger partial charge on any atom is -0.495 e. The Kier molecular flexibility index (Phi) is 6.93. The fourth-order valence-corrected chi connectivity index (χ4v) is 4.66. The highest BCUT2D eigenvalue weighted by Crippen LogP contribution is 2.31. The van der Waals surface area contributed by atoms with E-state index in [1.165, 1.54) is 22.4 Å². The van der Waals surface area contributed by atoms with Crippen LogP contribution >= 0.6 is 0 Å². The maximum Gasteiger partial charge on any atom is 0.142 e. The van der Waals surface area contributed by atoms with E-state index in [0.717, 1.165) is 58.2 Å². The second kappa shape index (κ2) is 9.82. The molecular formula is C25H35N3O2. The molecule has 1 atom stereocenters. The molecule has 2 aromatic carbocycles. The number of hydrogen-bond donors (Lipinski definition) is 1. The summed E-state index contributed by atoms with van der Waals surface area (Å²) in [4.78, 5) is 4.91. The third-order valence-electron chi connectivity index (χ3n) is 6.26. The van der Waals surface area contributed by atoms with Crippen LogP contribution in [-0.2, 0) is 11.3 Å². The van der Waals surface area contributed by atoms with E-state index in [1.54, 1.807) is 7.11 Å². The second-order valence-corrected chi connectivity index (χ2v) is 8.63. The normalized spacial score (nSPS) is 20.5. The van der Waals surface area contributed by atoms with E-state index in [-0.39, 0.29) is 0 Å². The summed E-state index contributed by atoms with van der Waals surface area (Å²) in [6.07, 6.45) is 0. The van der Waals surface area contributed by atoms with E-state index in [1.807, 2.05) is 0 Å². The van der Waals surface area contributed by atoms with Crippen LogP contribution in [0.3, 0.4) is 0 Å². The Hall–Kier alpha value is -2.08. The molecule has 162 valence electrons. The van der Waals surface area contributed by atoms with Crippen LogP contribution in [0.5, 0.6) is 5.75 Å². The monoisotopic (exact) mass is 409 g/mol. The molecule has 1 unspecified atom stereocenters. The van der Waals surface area contributed by atoms with Gasteiger partial charge in [0.2, 0.25) is 0 Å². The Morgan fingerprint density at radius 1 is 1.10 bits per heavy atom. The number of rotatable bonds is 6. The Bertz CT molecular complexity index is 833. The van der Waals surface area contributed by atoms with Crippen molar-refractivity contribution in [3.63, 3.8) is 0 Å². The van der Waals surface area contributed by atoms with Gasteiger partial charge >= 0.3 is 0 Å². The summed E-state index contributed by atoms with van der Waals surface area (Å²) < 4.78 is 11.2. The zero-order valence-corrected chi connectivity index (χ0v) is 18.6. The molecule has 0 spiro atoms. The predicted octanol–water partition coefficient (Wildman–Crippen LogP) is 3.80. The number of morpholine rings is 1. The molecule has 5 nitrogen and oxygen atoms in total. The van der Waals surface area contributed by atoms with Crippen LogP contribution in [0.4, 0.5) is 5.69 Å². The van der Waals surface area contributed by atoms with Gasteiger partial charge in [-0.2, -0.15) is 0 Å². The van der Waals surface area contributed by atoms with Crippen molar-refractivity contribution >= 4 is 5.69 Å². The number of anilines is 1. The van der Waals surface area contributed by atoms with E-state index in [4.69, 9.17) is 9.47 Å². The van der Waals surface area contributed by atoms with E-state index in [9.17, 15) is 0 Å². The Morgan fingerprint density at radius 2 is 1.90 bits per heavy atom. The molecule has 0 aliphatic carbocycles. The molecule has 30 heavy (non-hydrogen) atoms. The van der Waals surface area contributed by atoms with Crippen LogP contribution in [-0.4, -0.2) is 57.9 Å². The lowest BCUT2D eigenvalue weighted by Crippen LogP contribution is -2.45. The number of ether oxygens (including phenoxy) is 2. The lowest BCUT2D eigenvalue weighted by atomic mass is 9.92. The third kappa shape index (κ3) is 4.80. The van der Waals surface area contributed by atoms with Gasteiger partial charge in [0.1, 0.15) is 5.75 Å². The lowest BCUT2D eigenvalue weighted by Gasteiger charge is -2.35. The average molecular weight is 410 g/mol. The molecule has 5 heteroatoms. The number of methoxy groups -OCH3 is 1. The topological polar surface area (TPSA) is 37.0 Å². The van der Waals surface area contributed by atoms with Crippen LogP contribution in [0.2, 0.25) is 0 Å². The van der Waals surface area contributed by atoms with Crippen LogP contribution in [0.15, 0.2) is 42.5 Å². The number of piperazine rings is 1. The number of hydrogen-bond acceptors (Lipinski definition) is 5. The number of nitrogens with zero attached hydrogens (tertiary/aromatic N) is 2. The van der Waals surface area contributed by atoms with Crippen molar-refractivity contribution in [2.24, 2.45) is 0 Å². The van der Waals surface area contributed by atoms with Crippen molar-refractivity contribution in [1.82, 2.24) is 10.2 Å².